The molecule has 1 amide bonds. The fourth-order valence-corrected chi connectivity index (χ4v) is 1.14. The first-order valence-corrected chi connectivity index (χ1v) is 5.04. The van der Waals surface area contributed by atoms with Gasteiger partial charge in [0.05, 0.1) is 0 Å². The predicted molar refractivity (Wildman–Crippen MR) is 66.6 cm³/mol. The maximum Gasteiger partial charge on any atom is 0.326 e. The Hall–Kier alpha value is -2.57. The summed E-state index contributed by atoms with van der Waals surface area (Å²) >= 11 is 0. The molecule has 7 heteroatoms. The minimum absolute atomic E-state index is 0.0443. The summed E-state index contributed by atoms with van der Waals surface area (Å²) in [6.07, 6.45) is -6.95. The molecule has 0 aliphatic carbocycles. The van der Waals surface area contributed by atoms with Gasteiger partial charge in [-0.15, -0.1) is 0 Å². The second kappa shape index (κ2) is 6.39. The Morgan fingerprint density at radius 1 is 1.26 bits per heavy atom. The minimum atomic E-state index is -3.54. The molecule has 0 spiro atoms. The normalized spacial score (nSPS) is 16.2. The van der Waals surface area contributed by atoms with E-state index in [-0.39, 0.29) is 5.56 Å². The lowest BCUT2D eigenvalue weighted by Gasteiger charge is -2.13. The number of rotatable bonds is 6. The van der Waals surface area contributed by atoms with E-state index in [1.807, 2.05) is 0 Å². The SMILES string of the molecule is [2H]C([2H])(C(=O)O)C([2H])([2H])[C@H](NC(=O)[13c]1[13cH][13cH][13c](N)[13cH][13cH]1)C(=O)O. The van der Waals surface area contributed by atoms with Crippen molar-refractivity contribution in [1.29, 1.82) is 0 Å². The van der Waals surface area contributed by atoms with E-state index in [9.17, 15) is 14.4 Å². The monoisotopic (exact) mass is 276 g/mol. The number of carbonyl (C=O) groups excluding carboxylic acids is 1. The van der Waals surface area contributed by atoms with E-state index >= 15 is 0 Å². The number of amides is 1. The number of anilines is 1. The Kier molecular flexibility index (Phi) is 3.15. The fourth-order valence-electron chi connectivity index (χ4n) is 1.14. The fraction of sp³-hybridized carbons (Fsp3) is 0.250. The lowest BCUT2D eigenvalue weighted by Crippen LogP contribution is -2.41. The Balaban J connectivity index is 3.13. The molecule has 5 N–H and O–H groups in total. The molecule has 0 aliphatic rings. The van der Waals surface area contributed by atoms with Crippen LogP contribution in [0.3, 0.4) is 0 Å². The Bertz CT molecular complexity index is 633. The van der Waals surface area contributed by atoms with Gasteiger partial charge in [0.1, 0.15) is 6.04 Å². The van der Waals surface area contributed by atoms with Crippen molar-refractivity contribution in [2.75, 3.05) is 5.73 Å². The van der Waals surface area contributed by atoms with Crippen molar-refractivity contribution < 1.29 is 30.1 Å². The highest BCUT2D eigenvalue weighted by Gasteiger charge is 2.21. The van der Waals surface area contributed by atoms with E-state index in [1.165, 1.54) is 24.3 Å². The molecule has 102 valence electrons. The topological polar surface area (TPSA) is 130 Å². The molecule has 0 saturated heterocycles. The van der Waals surface area contributed by atoms with Gasteiger partial charge < -0.3 is 21.3 Å². The molecule has 0 aromatic heterocycles. The molecule has 0 aliphatic heterocycles. The van der Waals surface area contributed by atoms with Crippen LogP contribution in [0.1, 0.15) is 28.6 Å². The van der Waals surface area contributed by atoms with Gasteiger partial charge in [0, 0.05) is 23.1 Å². The number of benzene rings is 1. The van der Waals surface area contributed by atoms with Crippen LogP contribution >= 0.6 is 0 Å². The van der Waals surface area contributed by atoms with Crippen molar-refractivity contribution in [2.24, 2.45) is 0 Å². The number of hydrogen-bond acceptors (Lipinski definition) is 4. The second-order valence-electron chi connectivity index (χ2n) is 3.44. The average molecular weight is 276 g/mol. The largest absolute Gasteiger partial charge is 0.481 e. The number of carbonyl (C=O) groups is 3. The van der Waals surface area contributed by atoms with Crippen molar-refractivity contribution >= 4 is 23.5 Å². The third kappa shape index (κ3) is 4.66. The summed E-state index contributed by atoms with van der Waals surface area (Å²) in [5, 5.41) is 19.6. The number of nitrogen functional groups attached to an aromatic ring is 1. The maximum absolute atomic E-state index is 12.0. The van der Waals surface area contributed by atoms with E-state index in [2.05, 4.69) is 0 Å². The zero-order valence-electron chi connectivity index (χ0n) is 13.6. The number of hydrogen-bond donors (Lipinski definition) is 4. The van der Waals surface area contributed by atoms with Gasteiger partial charge in [0.2, 0.25) is 0 Å². The van der Waals surface area contributed by atoms with Gasteiger partial charge in [-0.25, -0.2) is 4.79 Å². The Morgan fingerprint density at radius 3 is 2.32 bits per heavy atom. The van der Waals surface area contributed by atoms with Crippen molar-refractivity contribution in [3.8, 4) is 0 Å². The van der Waals surface area contributed by atoms with Gasteiger partial charge in [0.25, 0.3) is 5.91 Å². The first-order valence-electron chi connectivity index (χ1n) is 7.04. The zero-order valence-corrected chi connectivity index (χ0v) is 9.58. The van der Waals surface area contributed by atoms with Crippen LogP contribution < -0.4 is 11.1 Å². The number of aliphatic carboxylic acids is 2. The van der Waals surface area contributed by atoms with Crippen LogP contribution in [0.25, 0.3) is 0 Å². The van der Waals surface area contributed by atoms with Gasteiger partial charge in [0.15, 0.2) is 0 Å². The molecular weight excluding hydrogens is 258 g/mol. The van der Waals surface area contributed by atoms with Gasteiger partial charge in [-0.2, -0.15) is 0 Å². The molecule has 0 saturated carbocycles. The van der Waals surface area contributed by atoms with Crippen LogP contribution in [-0.4, -0.2) is 34.1 Å². The lowest BCUT2D eigenvalue weighted by molar-refractivity contribution is -0.140. The molecule has 1 rings (SSSR count). The summed E-state index contributed by atoms with van der Waals surface area (Å²) in [5.41, 5.74) is 5.73. The lowest BCUT2D eigenvalue weighted by atomic mass is 10.1. The number of carboxylic acid groups (broad SMARTS) is 2. The van der Waals surface area contributed by atoms with E-state index in [0.29, 0.717) is 5.69 Å². The molecule has 0 unspecified atom stereocenters. The van der Waals surface area contributed by atoms with E-state index < -0.39 is 36.6 Å². The quantitative estimate of drug-likeness (QED) is 0.553. The van der Waals surface area contributed by atoms with Crippen molar-refractivity contribution in [1.82, 2.24) is 5.32 Å². The predicted octanol–water partition coefficient (Wildman–Crippen LogP) is 0.317. The first-order chi connectivity index (χ1) is 10.4. The minimum Gasteiger partial charge on any atom is -0.481 e. The number of nitrogens with two attached hydrogens (primary N) is 1. The van der Waals surface area contributed by atoms with E-state index in [0.717, 1.165) is 0 Å². The third-order valence-electron chi connectivity index (χ3n) is 2.02. The summed E-state index contributed by atoms with van der Waals surface area (Å²) in [6, 6.07) is 2.81. The molecule has 19 heavy (non-hydrogen) atoms. The summed E-state index contributed by atoms with van der Waals surface area (Å²) in [7, 11) is 0. The number of carboxylic acids is 2. The first kappa shape index (κ1) is 9.37. The average Bonchev–Trinajstić information content (AvgIpc) is 2.44. The number of nitrogens with one attached hydrogen (secondary N) is 1. The van der Waals surface area contributed by atoms with Crippen molar-refractivity contribution in [2.45, 2.75) is 18.8 Å². The summed E-state index contributed by atoms with van der Waals surface area (Å²) in [4.78, 5) is 34.0. The van der Waals surface area contributed by atoms with E-state index in [4.69, 9.17) is 21.4 Å². The summed E-state index contributed by atoms with van der Waals surface area (Å²) < 4.78 is 29.6. The smallest absolute Gasteiger partial charge is 0.326 e. The Labute approximate surface area is 114 Å². The molecule has 1 aromatic carbocycles. The Morgan fingerprint density at radius 2 is 1.84 bits per heavy atom. The molecule has 0 radical (unpaired) electrons. The van der Waals surface area contributed by atoms with Crippen LogP contribution in [0, 0.1) is 0 Å². The van der Waals surface area contributed by atoms with Gasteiger partial charge in [-0.1, -0.05) is 0 Å². The van der Waals surface area contributed by atoms with Gasteiger partial charge >= 0.3 is 11.9 Å². The standard InChI is InChI=1S/C12H14N2O5/c13-8-3-1-7(2-4-8)11(17)14-9(12(18)19)5-6-10(15)16/h1-4,9H,5-6,13H2,(H,14,17)(H,15,16)(H,18,19)/t9-/m0/s1/i1+1,2+1,3+1,4+1,5D2,6D2,7+1,8+1. The van der Waals surface area contributed by atoms with Crippen LogP contribution in [0.15, 0.2) is 24.3 Å². The zero-order chi connectivity index (χ0) is 18.0. The second-order valence-corrected chi connectivity index (χ2v) is 3.44. The molecule has 0 bridgehead atoms. The molecule has 0 fully saturated rings. The van der Waals surface area contributed by atoms with Crippen LogP contribution in [0.5, 0.6) is 0 Å². The molecule has 1 atom stereocenters. The van der Waals surface area contributed by atoms with E-state index in [1.54, 1.807) is 5.32 Å². The van der Waals surface area contributed by atoms with Crippen molar-refractivity contribution in [3.63, 3.8) is 0 Å². The highest BCUT2D eigenvalue weighted by Crippen LogP contribution is 2.06. The molecular formula is C12H14N2O5. The van der Waals surface area contributed by atoms with Crippen molar-refractivity contribution in [3.05, 3.63) is 29.8 Å². The highest BCUT2D eigenvalue weighted by molar-refractivity contribution is 5.96. The van der Waals surface area contributed by atoms with Crippen LogP contribution in [0.4, 0.5) is 5.69 Å². The highest BCUT2D eigenvalue weighted by atomic mass is 16.4. The summed E-state index contributed by atoms with van der Waals surface area (Å²) in [5.74, 6) is -5.11. The summed E-state index contributed by atoms with van der Waals surface area (Å²) in [6.45, 7) is 0. The van der Waals surface area contributed by atoms with Crippen LogP contribution in [-0.2, 0) is 9.59 Å². The molecule has 0 heterocycles. The maximum atomic E-state index is 12.0. The van der Waals surface area contributed by atoms with Gasteiger partial charge in [-0.05, 0) is 30.6 Å². The third-order valence-corrected chi connectivity index (χ3v) is 2.02. The van der Waals surface area contributed by atoms with Gasteiger partial charge in [-0.3, -0.25) is 9.59 Å². The molecule has 7 nitrogen and oxygen atoms in total. The molecule has 1 aromatic rings. The van der Waals surface area contributed by atoms with Crippen LogP contribution in [0.2, 0.25) is 0 Å².